The first-order valence-corrected chi connectivity index (χ1v) is 9.59. The minimum absolute atomic E-state index is 0.00360. The zero-order chi connectivity index (χ0) is 20.2. The van der Waals surface area contributed by atoms with E-state index < -0.39 is 6.61 Å². The molecule has 10 heteroatoms. The van der Waals surface area contributed by atoms with Gasteiger partial charge in [0.25, 0.3) is 5.91 Å². The molecule has 0 saturated carbocycles. The lowest BCUT2D eigenvalue weighted by Crippen LogP contribution is -2.51. The van der Waals surface area contributed by atoms with Crippen LogP contribution in [0.4, 0.5) is 8.78 Å². The Morgan fingerprint density at radius 2 is 2.03 bits per heavy atom. The van der Waals surface area contributed by atoms with E-state index in [1.165, 1.54) is 6.07 Å². The maximum absolute atomic E-state index is 12.6. The van der Waals surface area contributed by atoms with E-state index in [9.17, 15) is 13.6 Å². The summed E-state index contributed by atoms with van der Waals surface area (Å²) in [4.78, 5) is 20.7. The van der Waals surface area contributed by atoms with Gasteiger partial charge in [0.05, 0.1) is 12.1 Å². The molecule has 0 aliphatic carbocycles. The molecule has 29 heavy (non-hydrogen) atoms. The molecule has 2 aliphatic rings. The molecule has 8 nitrogen and oxygen atoms in total. The van der Waals surface area contributed by atoms with Crippen LogP contribution >= 0.6 is 0 Å². The van der Waals surface area contributed by atoms with E-state index in [0.717, 1.165) is 12.8 Å². The number of carbonyl (C=O) groups excluding carboxylic acids is 1. The SMILES string of the molecule is O=C([C@H]1CCCO1)N1CCN(Cc2nc(-c3ccccc3OC(F)F)no2)CC1. The molecule has 2 aromatic rings. The summed E-state index contributed by atoms with van der Waals surface area (Å²) in [6.07, 6.45) is 1.43. The van der Waals surface area contributed by atoms with Crippen molar-refractivity contribution in [2.45, 2.75) is 32.1 Å². The molecule has 0 radical (unpaired) electrons. The van der Waals surface area contributed by atoms with Crippen LogP contribution in [0.5, 0.6) is 5.75 Å². The lowest BCUT2D eigenvalue weighted by atomic mass is 10.2. The molecule has 2 fully saturated rings. The van der Waals surface area contributed by atoms with Gasteiger partial charge in [-0.3, -0.25) is 9.69 Å². The van der Waals surface area contributed by atoms with Gasteiger partial charge in [0, 0.05) is 32.8 Å². The van der Waals surface area contributed by atoms with Crippen LogP contribution in [0.25, 0.3) is 11.4 Å². The van der Waals surface area contributed by atoms with E-state index >= 15 is 0 Å². The number of piperazine rings is 1. The van der Waals surface area contributed by atoms with Gasteiger partial charge in [-0.15, -0.1) is 0 Å². The molecule has 1 aromatic carbocycles. The molecule has 2 saturated heterocycles. The van der Waals surface area contributed by atoms with E-state index in [1.54, 1.807) is 18.2 Å². The van der Waals surface area contributed by atoms with Crippen molar-refractivity contribution in [2.24, 2.45) is 0 Å². The van der Waals surface area contributed by atoms with Crippen LogP contribution in [0.1, 0.15) is 18.7 Å². The maximum atomic E-state index is 12.6. The monoisotopic (exact) mass is 408 g/mol. The third kappa shape index (κ3) is 4.70. The average Bonchev–Trinajstić information content (AvgIpc) is 3.40. The van der Waals surface area contributed by atoms with E-state index in [4.69, 9.17) is 9.26 Å². The van der Waals surface area contributed by atoms with Crippen LogP contribution in [-0.2, 0) is 16.1 Å². The molecular weight excluding hydrogens is 386 g/mol. The van der Waals surface area contributed by atoms with E-state index in [1.807, 2.05) is 4.90 Å². The number of ether oxygens (including phenoxy) is 2. The number of amides is 1. The molecule has 4 rings (SSSR count). The highest BCUT2D eigenvalue weighted by atomic mass is 19.3. The highest BCUT2D eigenvalue weighted by Crippen LogP contribution is 2.29. The first-order chi connectivity index (χ1) is 14.1. The smallest absolute Gasteiger partial charge is 0.387 e. The first-order valence-electron chi connectivity index (χ1n) is 9.59. The molecule has 1 atom stereocenters. The quantitative estimate of drug-likeness (QED) is 0.725. The minimum Gasteiger partial charge on any atom is -0.434 e. The number of rotatable bonds is 6. The summed E-state index contributed by atoms with van der Waals surface area (Å²) in [5.74, 6) is 0.642. The van der Waals surface area contributed by atoms with Crippen molar-refractivity contribution >= 4 is 5.91 Å². The fourth-order valence-corrected chi connectivity index (χ4v) is 3.57. The van der Waals surface area contributed by atoms with Gasteiger partial charge in [-0.05, 0) is 25.0 Å². The highest BCUT2D eigenvalue weighted by Gasteiger charge is 2.30. The molecule has 2 aliphatic heterocycles. The molecule has 1 aromatic heterocycles. The van der Waals surface area contributed by atoms with Crippen LogP contribution < -0.4 is 4.74 Å². The molecule has 0 N–H and O–H groups in total. The van der Waals surface area contributed by atoms with Crippen LogP contribution in [0.15, 0.2) is 28.8 Å². The number of hydrogen-bond donors (Lipinski definition) is 0. The van der Waals surface area contributed by atoms with Gasteiger partial charge in [-0.25, -0.2) is 0 Å². The van der Waals surface area contributed by atoms with E-state index in [-0.39, 0.29) is 23.6 Å². The van der Waals surface area contributed by atoms with Gasteiger partial charge in [-0.1, -0.05) is 17.3 Å². The second kappa shape index (κ2) is 8.83. The van der Waals surface area contributed by atoms with Crippen molar-refractivity contribution in [2.75, 3.05) is 32.8 Å². The van der Waals surface area contributed by atoms with Crippen LogP contribution in [-0.4, -0.2) is 71.3 Å². The number of benzene rings is 1. The third-order valence-corrected chi connectivity index (χ3v) is 5.06. The fourth-order valence-electron chi connectivity index (χ4n) is 3.57. The molecule has 0 spiro atoms. The van der Waals surface area contributed by atoms with Crippen molar-refractivity contribution < 1.29 is 27.6 Å². The summed E-state index contributed by atoms with van der Waals surface area (Å²) in [6.45, 7) is 0.739. The predicted octanol–water partition coefficient (Wildman–Crippen LogP) is 2.16. The van der Waals surface area contributed by atoms with Crippen LogP contribution in [0.2, 0.25) is 0 Å². The molecule has 1 amide bonds. The largest absolute Gasteiger partial charge is 0.434 e. The molecule has 3 heterocycles. The normalized spacial score (nSPS) is 20.4. The Bertz CT molecular complexity index is 833. The number of para-hydroxylation sites is 1. The lowest BCUT2D eigenvalue weighted by Gasteiger charge is -2.35. The second-order valence-electron chi connectivity index (χ2n) is 6.99. The number of carbonyl (C=O) groups is 1. The van der Waals surface area contributed by atoms with Crippen molar-refractivity contribution in [3.63, 3.8) is 0 Å². The zero-order valence-corrected chi connectivity index (χ0v) is 15.8. The van der Waals surface area contributed by atoms with Crippen molar-refractivity contribution in [3.05, 3.63) is 30.2 Å². The topological polar surface area (TPSA) is 80.9 Å². The molecule has 0 unspecified atom stereocenters. The van der Waals surface area contributed by atoms with Crippen molar-refractivity contribution in [1.29, 1.82) is 0 Å². The predicted molar refractivity (Wildman–Crippen MR) is 97.2 cm³/mol. The summed E-state index contributed by atoms with van der Waals surface area (Å²) in [7, 11) is 0. The van der Waals surface area contributed by atoms with Crippen molar-refractivity contribution in [1.82, 2.24) is 19.9 Å². The average molecular weight is 408 g/mol. The second-order valence-corrected chi connectivity index (χ2v) is 6.99. The standard InChI is InChI=1S/C19H22F2N4O4/c20-19(21)28-14-5-2-1-4-13(14)17-22-16(29-23-17)12-24-7-9-25(10-8-24)18(26)15-6-3-11-27-15/h1-2,4-5,15,19H,3,6-12H2/t15-/m1/s1. The Labute approximate surface area is 166 Å². The van der Waals surface area contributed by atoms with E-state index in [2.05, 4.69) is 19.8 Å². The molecule has 0 bridgehead atoms. The van der Waals surface area contributed by atoms with Crippen LogP contribution in [0, 0.1) is 0 Å². The van der Waals surface area contributed by atoms with Gasteiger partial charge < -0.3 is 18.9 Å². The molecular formula is C19H22F2N4O4. The minimum atomic E-state index is -2.93. The zero-order valence-electron chi connectivity index (χ0n) is 15.8. The van der Waals surface area contributed by atoms with Gasteiger partial charge in [0.15, 0.2) is 0 Å². The maximum Gasteiger partial charge on any atom is 0.387 e. The summed E-state index contributed by atoms with van der Waals surface area (Å²) < 4.78 is 40.5. The van der Waals surface area contributed by atoms with Crippen molar-refractivity contribution in [3.8, 4) is 17.1 Å². The Morgan fingerprint density at radius 1 is 1.24 bits per heavy atom. The summed E-state index contributed by atoms with van der Waals surface area (Å²) in [5, 5.41) is 3.90. The summed E-state index contributed by atoms with van der Waals surface area (Å²) in [6, 6.07) is 6.32. The van der Waals surface area contributed by atoms with Gasteiger partial charge in [0.1, 0.15) is 11.9 Å². The summed E-state index contributed by atoms with van der Waals surface area (Å²) >= 11 is 0. The highest BCUT2D eigenvalue weighted by molar-refractivity contribution is 5.81. The molecule has 156 valence electrons. The van der Waals surface area contributed by atoms with Gasteiger partial charge in [0.2, 0.25) is 11.7 Å². The van der Waals surface area contributed by atoms with Gasteiger partial charge >= 0.3 is 6.61 Å². The van der Waals surface area contributed by atoms with Crippen LogP contribution in [0.3, 0.4) is 0 Å². The Kier molecular flexibility index (Phi) is 6.00. The number of hydrogen-bond acceptors (Lipinski definition) is 7. The number of alkyl halides is 2. The van der Waals surface area contributed by atoms with E-state index in [0.29, 0.717) is 50.8 Å². The lowest BCUT2D eigenvalue weighted by molar-refractivity contribution is -0.142. The number of halogens is 2. The van der Waals surface area contributed by atoms with Gasteiger partial charge in [-0.2, -0.15) is 13.8 Å². The first kappa shape index (κ1) is 19.7. The summed E-state index contributed by atoms with van der Waals surface area (Å²) in [5.41, 5.74) is 0.342. The fraction of sp³-hybridized carbons (Fsp3) is 0.526. The number of aromatic nitrogens is 2. The third-order valence-electron chi connectivity index (χ3n) is 5.06. The Morgan fingerprint density at radius 3 is 2.76 bits per heavy atom. The number of nitrogens with zero attached hydrogens (tertiary/aromatic N) is 4. The Hall–Kier alpha value is -2.59. The Balaban J connectivity index is 1.34.